The molecule has 1 saturated heterocycles. The van der Waals surface area contributed by atoms with Gasteiger partial charge in [0.2, 0.25) is 10.0 Å². The smallest absolute Gasteiger partial charge is 0.351 e. The zero-order valence-corrected chi connectivity index (χ0v) is 26.4. The average molecular weight is 637 g/mol. The van der Waals surface area contributed by atoms with E-state index >= 15 is 0 Å². The van der Waals surface area contributed by atoms with E-state index in [9.17, 15) is 18.0 Å². The zero-order valence-electron chi connectivity index (χ0n) is 24.8. The molecular weight excluding hydrogens is 601 g/mol. The molecule has 1 aliphatic rings. The Bertz CT molecular complexity index is 1720. The summed E-state index contributed by atoms with van der Waals surface area (Å²) < 4.78 is 44.4. The molecule has 2 heterocycles. The number of hydrogen-bond donors (Lipinski definition) is 1. The number of nitrogens with zero attached hydrogens (tertiary/aromatic N) is 1. The Hall–Kier alpha value is -3.93. The number of carbonyl (C=O) groups is 2. The van der Waals surface area contributed by atoms with Crippen LogP contribution in [0.1, 0.15) is 42.3 Å². The van der Waals surface area contributed by atoms with E-state index in [4.69, 9.17) is 14.2 Å². The van der Waals surface area contributed by atoms with Gasteiger partial charge < -0.3 is 19.5 Å². The van der Waals surface area contributed by atoms with E-state index in [2.05, 4.69) is 5.32 Å². The molecule has 1 aromatic heterocycles. The maximum atomic E-state index is 13.5. The monoisotopic (exact) mass is 636 g/mol. The van der Waals surface area contributed by atoms with Crippen LogP contribution < -0.4 is 10.1 Å². The molecule has 0 radical (unpaired) electrons. The Morgan fingerprint density at radius 3 is 2.52 bits per heavy atom. The predicted octanol–water partition coefficient (Wildman–Crippen LogP) is 6.34. The van der Waals surface area contributed by atoms with Crippen molar-refractivity contribution in [2.45, 2.75) is 43.5 Å². The number of piperidine rings is 1. The number of benzene rings is 3. The van der Waals surface area contributed by atoms with E-state index in [-0.39, 0.29) is 23.3 Å². The maximum Gasteiger partial charge on any atom is 0.351 e. The molecule has 232 valence electrons. The van der Waals surface area contributed by atoms with Crippen molar-refractivity contribution in [1.82, 2.24) is 4.31 Å². The highest BCUT2D eigenvalue weighted by Gasteiger charge is 2.30. The highest BCUT2D eigenvalue weighted by Crippen LogP contribution is 2.38. The van der Waals surface area contributed by atoms with Crippen LogP contribution in [0.15, 0.2) is 77.7 Å². The maximum absolute atomic E-state index is 13.5. The fraction of sp³-hybridized carbons (Fsp3) is 0.333. The molecule has 0 aliphatic carbocycles. The van der Waals surface area contributed by atoms with Crippen LogP contribution >= 0.6 is 11.3 Å². The first-order valence-corrected chi connectivity index (χ1v) is 16.9. The van der Waals surface area contributed by atoms with Crippen molar-refractivity contribution in [1.29, 1.82) is 0 Å². The Labute approximate surface area is 261 Å². The molecule has 0 amide bonds. The third kappa shape index (κ3) is 7.23. The van der Waals surface area contributed by atoms with E-state index in [1.807, 2.05) is 61.5 Å². The Morgan fingerprint density at radius 1 is 1.00 bits per heavy atom. The standard InChI is InChI=1S/C33H36N2O7S2/c1-3-4-19-41-31(36)22-42-28-21-29(43-32(28)33(37)40-2)24-11-7-12-26(20-24)34-25-15-17-35(18-16-25)44(38,39)30-14-8-10-23-9-5-6-13-27(23)30/h5-14,20-21,25,34H,3-4,15-19,22H2,1-2H3. The molecule has 1 aliphatic heterocycles. The SMILES string of the molecule is CCCCOC(=O)COc1cc(-c2cccc(NC3CCN(S(=O)(=O)c4cccc5ccccc45)CC3)c2)sc1C(=O)OC. The number of methoxy groups -OCH3 is 1. The van der Waals surface area contributed by atoms with Gasteiger partial charge in [0.05, 0.1) is 18.6 Å². The van der Waals surface area contributed by atoms with Gasteiger partial charge in [-0.15, -0.1) is 11.3 Å². The molecule has 3 aromatic carbocycles. The molecule has 5 rings (SSSR count). The van der Waals surface area contributed by atoms with Crippen LogP contribution in [0.5, 0.6) is 5.75 Å². The normalized spacial score (nSPS) is 14.3. The summed E-state index contributed by atoms with van der Waals surface area (Å²) in [7, 11) is -2.33. The summed E-state index contributed by atoms with van der Waals surface area (Å²) in [5.74, 6) is -0.776. The highest BCUT2D eigenvalue weighted by atomic mass is 32.2. The van der Waals surface area contributed by atoms with E-state index in [0.717, 1.165) is 39.7 Å². The number of thiophene rings is 1. The number of esters is 2. The Balaban J connectivity index is 1.24. The molecule has 4 aromatic rings. The lowest BCUT2D eigenvalue weighted by Gasteiger charge is -2.32. The lowest BCUT2D eigenvalue weighted by Crippen LogP contribution is -2.42. The lowest BCUT2D eigenvalue weighted by atomic mass is 10.1. The van der Waals surface area contributed by atoms with Crippen molar-refractivity contribution in [2.24, 2.45) is 0 Å². The van der Waals surface area contributed by atoms with Crippen LogP contribution in [0.25, 0.3) is 21.2 Å². The van der Waals surface area contributed by atoms with Gasteiger partial charge in [-0.2, -0.15) is 4.31 Å². The Morgan fingerprint density at radius 2 is 1.75 bits per heavy atom. The molecule has 1 N–H and O–H groups in total. The number of sulfonamides is 1. The topological polar surface area (TPSA) is 111 Å². The van der Waals surface area contributed by atoms with Crippen LogP contribution in [0.3, 0.4) is 0 Å². The number of hydrogen-bond acceptors (Lipinski definition) is 9. The predicted molar refractivity (Wildman–Crippen MR) is 172 cm³/mol. The van der Waals surface area contributed by atoms with Crippen molar-refractivity contribution >= 4 is 49.8 Å². The second-order valence-electron chi connectivity index (χ2n) is 10.5. The van der Waals surface area contributed by atoms with Gasteiger partial charge >= 0.3 is 11.9 Å². The van der Waals surface area contributed by atoms with Gasteiger partial charge in [-0.3, -0.25) is 0 Å². The molecule has 0 unspecified atom stereocenters. The highest BCUT2D eigenvalue weighted by molar-refractivity contribution is 7.89. The number of unbranched alkanes of at least 4 members (excludes halogenated alkanes) is 1. The van der Waals surface area contributed by atoms with Crippen LogP contribution in [-0.4, -0.2) is 64.1 Å². The summed E-state index contributed by atoms with van der Waals surface area (Å²) in [6.07, 6.45) is 3.00. The van der Waals surface area contributed by atoms with Crippen molar-refractivity contribution in [3.05, 3.63) is 77.7 Å². The van der Waals surface area contributed by atoms with E-state index in [0.29, 0.717) is 37.4 Å². The van der Waals surface area contributed by atoms with Gasteiger partial charge in [0, 0.05) is 35.1 Å². The number of anilines is 1. The van der Waals surface area contributed by atoms with Gasteiger partial charge in [0.15, 0.2) is 11.5 Å². The third-order valence-corrected chi connectivity index (χ3v) is 10.6. The Kier molecular flexibility index (Phi) is 10.2. The first kappa shape index (κ1) is 31.5. The van der Waals surface area contributed by atoms with Crippen molar-refractivity contribution in [2.75, 3.05) is 38.7 Å². The van der Waals surface area contributed by atoms with Gasteiger partial charge in [-0.25, -0.2) is 18.0 Å². The second kappa shape index (κ2) is 14.2. The number of ether oxygens (including phenoxy) is 3. The quantitative estimate of drug-likeness (QED) is 0.142. The fourth-order valence-electron chi connectivity index (χ4n) is 5.17. The largest absolute Gasteiger partial charge is 0.480 e. The summed E-state index contributed by atoms with van der Waals surface area (Å²) in [4.78, 5) is 25.9. The molecule has 9 nitrogen and oxygen atoms in total. The summed E-state index contributed by atoms with van der Waals surface area (Å²) in [5.41, 5.74) is 1.74. The molecule has 0 bridgehead atoms. The van der Waals surface area contributed by atoms with E-state index < -0.39 is 22.0 Å². The van der Waals surface area contributed by atoms with Crippen molar-refractivity contribution < 1.29 is 32.2 Å². The molecule has 0 spiro atoms. The molecule has 44 heavy (non-hydrogen) atoms. The summed E-state index contributed by atoms with van der Waals surface area (Å²) >= 11 is 1.22. The average Bonchev–Trinajstić information content (AvgIpc) is 3.48. The van der Waals surface area contributed by atoms with Crippen molar-refractivity contribution in [3.8, 4) is 16.2 Å². The summed E-state index contributed by atoms with van der Waals surface area (Å²) in [6, 6.07) is 22.5. The van der Waals surface area contributed by atoms with Crippen LogP contribution in [0, 0.1) is 0 Å². The number of fused-ring (bicyclic) bond motifs is 1. The van der Waals surface area contributed by atoms with Gasteiger partial charge in [-0.1, -0.05) is 61.9 Å². The van der Waals surface area contributed by atoms with Gasteiger partial charge in [0.1, 0.15) is 5.75 Å². The molecular formula is C33H36N2O7S2. The first-order chi connectivity index (χ1) is 21.3. The molecule has 0 saturated carbocycles. The zero-order chi connectivity index (χ0) is 31.1. The van der Waals surface area contributed by atoms with Crippen LogP contribution in [0.2, 0.25) is 0 Å². The molecule has 0 atom stereocenters. The minimum atomic E-state index is -3.63. The number of nitrogens with one attached hydrogen (secondary N) is 1. The van der Waals surface area contributed by atoms with E-state index in [1.54, 1.807) is 22.5 Å². The minimum Gasteiger partial charge on any atom is -0.480 e. The lowest BCUT2D eigenvalue weighted by molar-refractivity contribution is -0.146. The summed E-state index contributed by atoms with van der Waals surface area (Å²) in [6.45, 7) is 2.86. The fourth-order valence-corrected chi connectivity index (χ4v) is 7.87. The van der Waals surface area contributed by atoms with Gasteiger partial charge in [-0.05, 0) is 54.5 Å². The van der Waals surface area contributed by atoms with Gasteiger partial charge in [0.25, 0.3) is 0 Å². The van der Waals surface area contributed by atoms with Crippen molar-refractivity contribution in [3.63, 3.8) is 0 Å². The minimum absolute atomic E-state index is 0.0933. The number of rotatable bonds is 12. The first-order valence-electron chi connectivity index (χ1n) is 14.7. The molecule has 11 heteroatoms. The third-order valence-electron chi connectivity index (χ3n) is 7.51. The second-order valence-corrected chi connectivity index (χ2v) is 13.5. The van der Waals surface area contributed by atoms with Crippen LogP contribution in [-0.2, 0) is 24.3 Å². The number of carbonyl (C=O) groups excluding carboxylic acids is 2. The molecule has 1 fully saturated rings. The van der Waals surface area contributed by atoms with Crippen LogP contribution in [0.4, 0.5) is 5.69 Å². The van der Waals surface area contributed by atoms with E-state index in [1.165, 1.54) is 18.4 Å². The summed E-state index contributed by atoms with van der Waals surface area (Å²) in [5, 5.41) is 5.19.